The molecule has 0 aliphatic carbocycles. The third-order valence-electron chi connectivity index (χ3n) is 4.55. The van der Waals surface area contributed by atoms with Crippen LogP contribution < -0.4 is 15.4 Å². The van der Waals surface area contributed by atoms with Crippen molar-refractivity contribution in [3.8, 4) is 5.75 Å². The molecule has 0 spiro atoms. The maximum Gasteiger partial charge on any atom is 0.291 e. The van der Waals surface area contributed by atoms with Crippen molar-refractivity contribution in [3.05, 3.63) is 84.1 Å². The molecule has 0 bridgehead atoms. The monoisotopic (exact) mass is 372 g/mol. The molecule has 0 aliphatic heterocycles. The third kappa shape index (κ3) is 3.55. The molecule has 2 N–H and O–H groups in total. The minimum absolute atomic E-state index is 0.281. The molecule has 0 unspecified atom stereocenters. The van der Waals surface area contributed by atoms with E-state index in [1.807, 2.05) is 79.7 Å². The fraction of sp³-hybridized carbons (Fsp3) is 0.0870. The molecule has 0 atom stereocenters. The van der Waals surface area contributed by atoms with Gasteiger partial charge in [-0.2, -0.15) is 0 Å². The van der Waals surface area contributed by atoms with Gasteiger partial charge >= 0.3 is 0 Å². The van der Waals surface area contributed by atoms with E-state index in [0.717, 1.165) is 28.1 Å². The van der Waals surface area contributed by atoms with E-state index in [4.69, 9.17) is 9.15 Å². The van der Waals surface area contributed by atoms with E-state index in [0.29, 0.717) is 17.0 Å². The van der Waals surface area contributed by atoms with Crippen LogP contribution in [0.4, 0.5) is 17.1 Å². The van der Waals surface area contributed by atoms with Gasteiger partial charge in [0.05, 0.1) is 7.11 Å². The summed E-state index contributed by atoms with van der Waals surface area (Å²) in [5.74, 6) is 0.746. The van der Waals surface area contributed by atoms with E-state index in [1.165, 1.54) is 0 Å². The zero-order chi connectivity index (χ0) is 19.5. The molecule has 4 aromatic rings. The lowest BCUT2D eigenvalue weighted by Crippen LogP contribution is -2.12. The Labute approximate surface area is 162 Å². The summed E-state index contributed by atoms with van der Waals surface area (Å²) in [5.41, 5.74) is 4.09. The van der Waals surface area contributed by atoms with Crippen molar-refractivity contribution in [2.75, 3.05) is 17.7 Å². The summed E-state index contributed by atoms with van der Waals surface area (Å²) in [6, 6.07) is 22.9. The number of ether oxygens (including phenoxy) is 1. The van der Waals surface area contributed by atoms with Gasteiger partial charge in [-0.05, 0) is 61.5 Å². The van der Waals surface area contributed by atoms with Gasteiger partial charge in [0, 0.05) is 28.0 Å². The number of para-hydroxylation sites is 1. The number of hydrogen-bond donors (Lipinski definition) is 2. The molecule has 5 heteroatoms. The number of benzene rings is 3. The van der Waals surface area contributed by atoms with Crippen LogP contribution in [0, 0.1) is 6.92 Å². The van der Waals surface area contributed by atoms with Crippen molar-refractivity contribution in [1.82, 2.24) is 0 Å². The second-order valence-electron chi connectivity index (χ2n) is 6.44. The minimum Gasteiger partial charge on any atom is -0.497 e. The van der Waals surface area contributed by atoms with Crippen molar-refractivity contribution >= 4 is 33.9 Å². The Morgan fingerprint density at radius 3 is 2.29 bits per heavy atom. The molecular weight excluding hydrogens is 352 g/mol. The lowest BCUT2D eigenvalue weighted by atomic mass is 10.1. The van der Waals surface area contributed by atoms with Crippen molar-refractivity contribution in [2.45, 2.75) is 6.92 Å². The quantitative estimate of drug-likeness (QED) is 0.468. The van der Waals surface area contributed by atoms with E-state index in [-0.39, 0.29) is 5.91 Å². The number of amides is 1. The fourth-order valence-corrected chi connectivity index (χ4v) is 3.06. The Balaban J connectivity index is 1.50. The van der Waals surface area contributed by atoms with Gasteiger partial charge in [0.2, 0.25) is 0 Å². The maximum atomic E-state index is 12.7. The van der Waals surface area contributed by atoms with Gasteiger partial charge in [-0.1, -0.05) is 18.2 Å². The number of furan rings is 1. The van der Waals surface area contributed by atoms with Crippen LogP contribution in [-0.2, 0) is 0 Å². The second-order valence-corrected chi connectivity index (χ2v) is 6.44. The van der Waals surface area contributed by atoms with Gasteiger partial charge in [-0.15, -0.1) is 0 Å². The first-order chi connectivity index (χ1) is 13.6. The van der Waals surface area contributed by atoms with E-state index in [9.17, 15) is 4.79 Å². The van der Waals surface area contributed by atoms with Crippen LogP contribution in [0.3, 0.4) is 0 Å². The van der Waals surface area contributed by atoms with E-state index >= 15 is 0 Å². The summed E-state index contributed by atoms with van der Waals surface area (Å²) in [6.45, 7) is 1.87. The molecule has 1 heterocycles. The number of carbonyl (C=O) groups excluding carboxylic acids is 1. The van der Waals surface area contributed by atoms with Crippen molar-refractivity contribution in [3.63, 3.8) is 0 Å². The predicted molar refractivity (Wildman–Crippen MR) is 112 cm³/mol. The minimum atomic E-state index is -0.281. The Morgan fingerprint density at radius 1 is 0.893 bits per heavy atom. The zero-order valence-electron chi connectivity index (χ0n) is 15.7. The lowest BCUT2D eigenvalue weighted by Gasteiger charge is -2.08. The van der Waals surface area contributed by atoms with Gasteiger partial charge < -0.3 is 19.8 Å². The van der Waals surface area contributed by atoms with E-state index < -0.39 is 0 Å². The van der Waals surface area contributed by atoms with Gasteiger partial charge in [-0.25, -0.2) is 0 Å². The SMILES string of the molecule is COc1ccc2oc(C(=O)Nc3ccc(Nc4ccccc4)cc3)c(C)c2c1. The fourth-order valence-electron chi connectivity index (χ4n) is 3.06. The summed E-state index contributed by atoms with van der Waals surface area (Å²) >= 11 is 0. The Kier molecular flexibility index (Phi) is 4.72. The molecule has 0 radical (unpaired) electrons. The van der Waals surface area contributed by atoms with Gasteiger partial charge in [-0.3, -0.25) is 4.79 Å². The smallest absolute Gasteiger partial charge is 0.291 e. The average Bonchev–Trinajstić information content (AvgIpc) is 3.06. The molecule has 1 aromatic heterocycles. The molecule has 4 rings (SSSR count). The number of rotatable bonds is 5. The first-order valence-corrected chi connectivity index (χ1v) is 8.94. The topological polar surface area (TPSA) is 63.5 Å². The number of hydrogen-bond acceptors (Lipinski definition) is 4. The molecule has 1 amide bonds. The number of anilines is 3. The number of aryl methyl sites for hydroxylation is 1. The van der Waals surface area contributed by atoms with Crippen LogP contribution in [0.5, 0.6) is 5.75 Å². The first kappa shape index (κ1) is 17.7. The molecule has 28 heavy (non-hydrogen) atoms. The Morgan fingerprint density at radius 2 is 1.57 bits per heavy atom. The summed E-state index contributed by atoms with van der Waals surface area (Å²) in [5, 5.41) is 7.07. The highest BCUT2D eigenvalue weighted by molar-refractivity contribution is 6.06. The highest BCUT2D eigenvalue weighted by atomic mass is 16.5. The average molecular weight is 372 g/mol. The molecule has 0 saturated heterocycles. The molecule has 3 aromatic carbocycles. The highest BCUT2D eigenvalue weighted by Crippen LogP contribution is 2.29. The molecule has 0 fully saturated rings. The molecule has 0 aliphatic rings. The molecule has 5 nitrogen and oxygen atoms in total. The van der Waals surface area contributed by atoms with Crippen molar-refractivity contribution < 1.29 is 13.9 Å². The lowest BCUT2D eigenvalue weighted by molar-refractivity contribution is 0.0998. The van der Waals surface area contributed by atoms with Crippen molar-refractivity contribution in [2.24, 2.45) is 0 Å². The van der Waals surface area contributed by atoms with E-state index in [2.05, 4.69) is 10.6 Å². The van der Waals surface area contributed by atoms with Gasteiger partial charge in [0.15, 0.2) is 5.76 Å². The van der Waals surface area contributed by atoms with Gasteiger partial charge in [0.1, 0.15) is 11.3 Å². The summed E-state index contributed by atoms with van der Waals surface area (Å²) in [7, 11) is 1.61. The van der Waals surface area contributed by atoms with Crippen LogP contribution in [0.1, 0.15) is 16.1 Å². The van der Waals surface area contributed by atoms with Crippen LogP contribution in [-0.4, -0.2) is 13.0 Å². The predicted octanol–water partition coefficient (Wildman–Crippen LogP) is 5.75. The Hall–Kier alpha value is -3.73. The second kappa shape index (κ2) is 7.48. The summed E-state index contributed by atoms with van der Waals surface area (Å²) in [6.07, 6.45) is 0. The molecule has 0 saturated carbocycles. The normalized spacial score (nSPS) is 10.6. The number of methoxy groups -OCH3 is 1. The first-order valence-electron chi connectivity index (χ1n) is 8.94. The van der Waals surface area contributed by atoms with Gasteiger partial charge in [0.25, 0.3) is 5.91 Å². The van der Waals surface area contributed by atoms with Crippen molar-refractivity contribution in [1.29, 1.82) is 0 Å². The molecular formula is C23H20N2O3. The third-order valence-corrected chi connectivity index (χ3v) is 4.55. The standard InChI is InChI=1S/C23H20N2O3/c1-15-20-14-19(27-2)12-13-21(20)28-22(15)23(26)25-18-10-8-17(9-11-18)24-16-6-4-3-5-7-16/h3-14,24H,1-2H3,(H,25,26). The van der Waals surface area contributed by atoms with Crippen LogP contribution in [0.25, 0.3) is 11.0 Å². The number of nitrogens with one attached hydrogen (secondary N) is 2. The Bertz CT molecular complexity index is 1120. The van der Waals surface area contributed by atoms with Crippen LogP contribution in [0.2, 0.25) is 0 Å². The number of carbonyl (C=O) groups is 1. The summed E-state index contributed by atoms with van der Waals surface area (Å²) < 4.78 is 11.0. The van der Waals surface area contributed by atoms with E-state index in [1.54, 1.807) is 7.11 Å². The largest absolute Gasteiger partial charge is 0.497 e. The molecule has 140 valence electrons. The highest BCUT2D eigenvalue weighted by Gasteiger charge is 2.18. The zero-order valence-corrected chi connectivity index (χ0v) is 15.7. The maximum absolute atomic E-state index is 12.7. The van der Waals surface area contributed by atoms with Crippen LogP contribution in [0.15, 0.2) is 77.2 Å². The number of fused-ring (bicyclic) bond motifs is 1. The summed E-state index contributed by atoms with van der Waals surface area (Å²) in [4.78, 5) is 12.7. The van der Waals surface area contributed by atoms with Crippen LogP contribution >= 0.6 is 0 Å².